The largest absolute Gasteiger partial charge is 0.494 e. The number of carbonyl (C=O) groups is 1. The molecule has 134 valence electrons. The molecule has 0 aliphatic carbocycles. The zero-order valence-corrected chi connectivity index (χ0v) is 15.4. The molecule has 1 aliphatic rings. The van der Waals surface area contributed by atoms with Crippen molar-refractivity contribution >= 4 is 5.91 Å². The summed E-state index contributed by atoms with van der Waals surface area (Å²) in [5.74, 6) is 2.06. The van der Waals surface area contributed by atoms with E-state index in [1.807, 2.05) is 20.9 Å². The highest BCUT2D eigenvalue weighted by Crippen LogP contribution is 2.24. The van der Waals surface area contributed by atoms with Crippen molar-refractivity contribution in [1.82, 2.24) is 10.2 Å². The van der Waals surface area contributed by atoms with Crippen LogP contribution in [0.4, 0.5) is 0 Å². The van der Waals surface area contributed by atoms with Crippen molar-refractivity contribution < 1.29 is 9.53 Å². The highest BCUT2D eigenvalue weighted by Gasteiger charge is 2.25. The second-order valence-electron chi connectivity index (χ2n) is 6.84. The van der Waals surface area contributed by atoms with Crippen LogP contribution in [0.1, 0.15) is 38.7 Å². The quantitative estimate of drug-likeness (QED) is 0.795. The SMILES string of the molecule is CCOc1ccc(CCC2CCN(C(=O)C(C)CNC)CC2)cc1. The molecule has 1 aromatic carbocycles. The summed E-state index contributed by atoms with van der Waals surface area (Å²) >= 11 is 0. The van der Waals surface area contributed by atoms with Gasteiger partial charge < -0.3 is 15.0 Å². The molecule has 1 saturated heterocycles. The summed E-state index contributed by atoms with van der Waals surface area (Å²) in [4.78, 5) is 14.4. The van der Waals surface area contributed by atoms with Crippen LogP contribution in [0.15, 0.2) is 24.3 Å². The van der Waals surface area contributed by atoms with E-state index >= 15 is 0 Å². The fourth-order valence-corrected chi connectivity index (χ4v) is 3.44. The Hall–Kier alpha value is -1.55. The third kappa shape index (κ3) is 5.52. The highest BCUT2D eigenvalue weighted by molar-refractivity contribution is 5.78. The van der Waals surface area contributed by atoms with E-state index in [0.717, 1.165) is 50.6 Å². The summed E-state index contributed by atoms with van der Waals surface area (Å²) in [7, 11) is 1.90. The molecule has 1 aromatic rings. The van der Waals surface area contributed by atoms with Crippen LogP contribution in [-0.4, -0.2) is 44.1 Å². The third-order valence-electron chi connectivity index (χ3n) is 4.93. The summed E-state index contributed by atoms with van der Waals surface area (Å²) in [5.41, 5.74) is 1.37. The maximum absolute atomic E-state index is 12.3. The summed E-state index contributed by atoms with van der Waals surface area (Å²) in [6.07, 6.45) is 4.59. The Labute approximate surface area is 146 Å². The number of likely N-dealkylation sites (tertiary alicyclic amines) is 1. The maximum Gasteiger partial charge on any atom is 0.226 e. The fraction of sp³-hybridized carbons (Fsp3) is 0.650. The van der Waals surface area contributed by atoms with Crippen molar-refractivity contribution in [2.75, 3.05) is 33.3 Å². The van der Waals surface area contributed by atoms with Crippen LogP contribution in [0.2, 0.25) is 0 Å². The molecule has 1 heterocycles. The molecule has 1 fully saturated rings. The Morgan fingerprint density at radius 1 is 1.29 bits per heavy atom. The standard InChI is InChI=1S/C20H32N2O2/c1-4-24-19-9-7-17(8-10-19)5-6-18-11-13-22(14-12-18)20(23)16(2)15-21-3/h7-10,16,18,21H,4-6,11-15H2,1-3H3. The second-order valence-corrected chi connectivity index (χ2v) is 6.84. The number of hydrogen-bond acceptors (Lipinski definition) is 3. The lowest BCUT2D eigenvalue weighted by molar-refractivity contribution is -0.136. The summed E-state index contributed by atoms with van der Waals surface area (Å²) in [6.45, 7) is 7.32. The number of hydrogen-bond donors (Lipinski definition) is 1. The maximum atomic E-state index is 12.3. The number of amides is 1. The second kappa shape index (κ2) is 9.67. The lowest BCUT2D eigenvalue weighted by atomic mass is 9.90. The predicted molar refractivity (Wildman–Crippen MR) is 98.3 cm³/mol. The van der Waals surface area contributed by atoms with Gasteiger partial charge in [-0.2, -0.15) is 0 Å². The van der Waals surface area contributed by atoms with E-state index < -0.39 is 0 Å². The Balaban J connectivity index is 1.72. The van der Waals surface area contributed by atoms with Crippen molar-refractivity contribution in [3.63, 3.8) is 0 Å². The van der Waals surface area contributed by atoms with E-state index in [0.29, 0.717) is 12.5 Å². The normalized spacial score (nSPS) is 16.9. The van der Waals surface area contributed by atoms with Gasteiger partial charge in [0.05, 0.1) is 6.61 Å². The average Bonchev–Trinajstić information content (AvgIpc) is 2.61. The average molecular weight is 332 g/mol. The van der Waals surface area contributed by atoms with Crippen molar-refractivity contribution in [1.29, 1.82) is 0 Å². The summed E-state index contributed by atoms with van der Waals surface area (Å²) < 4.78 is 5.48. The van der Waals surface area contributed by atoms with E-state index in [9.17, 15) is 4.79 Å². The van der Waals surface area contributed by atoms with Crippen LogP contribution in [0.25, 0.3) is 0 Å². The molecule has 4 heteroatoms. The van der Waals surface area contributed by atoms with Crippen molar-refractivity contribution in [2.45, 2.75) is 39.5 Å². The number of carbonyl (C=O) groups excluding carboxylic acids is 1. The van der Waals surface area contributed by atoms with E-state index in [1.165, 1.54) is 12.0 Å². The molecule has 4 nitrogen and oxygen atoms in total. The first-order chi connectivity index (χ1) is 11.6. The number of nitrogens with zero attached hydrogens (tertiary/aromatic N) is 1. The van der Waals surface area contributed by atoms with Gasteiger partial charge in [-0.05, 0) is 63.3 Å². The Morgan fingerprint density at radius 2 is 1.96 bits per heavy atom. The molecule has 1 amide bonds. The summed E-state index contributed by atoms with van der Waals surface area (Å²) in [5, 5.41) is 3.09. The van der Waals surface area contributed by atoms with Gasteiger partial charge in [0, 0.05) is 25.6 Å². The summed E-state index contributed by atoms with van der Waals surface area (Å²) in [6, 6.07) is 8.46. The molecule has 0 aromatic heterocycles. The van der Waals surface area contributed by atoms with Crippen LogP contribution in [0, 0.1) is 11.8 Å². The Morgan fingerprint density at radius 3 is 2.54 bits per heavy atom. The number of piperidine rings is 1. The minimum absolute atomic E-state index is 0.0791. The van der Waals surface area contributed by atoms with Crippen LogP contribution >= 0.6 is 0 Å². The van der Waals surface area contributed by atoms with Gasteiger partial charge in [-0.25, -0.2) is 0 Å². The first-order valence-corrected chi connectivity index (χ1v) is 9.29. The fourth-order valence-electron chi connectivity index (χ4n) is 3.44. The van der Waals surface area contributed by atoms with Crippen LogP contribution in [0.5, 0.6) is 5.75 Å². The highest BCUT2D eigenvalue weighted by atomic mass is 16.5. The van der Waals surface area contributed by atoms with Gasteiger partial charge in [0.25, 0.3) is 0 Å². The molecule has 1 N–H and O–H groups in total. The topological polar surface area (TPSA) is 41.6 Å². The molecule has 0 spiro atoms. The van der Waals surface area contributed by atoms with Gasteiger partial charge in [-0.1, -0.05) is 19.1 Å². The smallest absolute Gasteiger partial charge is 0.226 e. The molecule has 1 unspecified atom stereocenters. The monoisotopic (exact) mass is 332 g/mol. The zero-order chi connectivity index (χ0) is 17.4. The minimum Gasteiger partial charge on any atom is -0.494 e. The van der Waals surface area contributed by atoms with Gasteiger partial charge in [0.15, 0.2) is 0 Å². The molecule has 0 radical (unpaired) electrons. The van der Waals surface area contributed by atoms with E-state index in [2.05, 4.69) is 34.5 Å². The molecular formula is C20H32N2O2. The van der Waals surface area contributed by atoms with Crippen LogP contribution in [-0.2, 0) is 11.2 Å². The van der Waals surface area contributed by atoms with E-state index in [1.54, 1.807) is 0 Å². The van der Waals surface area contributed by atoms with Gasteiger partial charge in [-0.15, -0.1) is 0 Å². The Kier molecular flexibility index (Phi) is 7.57. The molecular weight excluding hydrogens is 300 g/mol. The van der Waals surface area contributed by atoms with E-state index in [4.69, 9.17) is 4.74 Å². The first-order valence-electron chi connectivity index (χ1n) is 9.29. The molecule has 24 heavy (non-hydrogen) atoms. The third-order valence-corrected chi connectivity index (χ3v) is 4.93. The van der Waals surface area contributed by atoms with E-state index in [-0.39, 0.29) is 5.92 Å². The molecule has 2 rings (SSSR count). The lowest BCUT2D eigenvalue weighted by Crippen LogP contribution is -2.43. The number of rotatable bonds is 8. The van der Waals surface area contributed by atoms with Gasteiger partial charge >= 0.3 is 0 Å². The molecule has 1 atom stereocenters. The molecule has 0 bridgehead atoms. The molecule has 1 aliphatic heterocycles. The number of aryl methyl sites for hydroxylation is 1. The zero-order valence-electron chi connectivity index (χ0n) is 15.4. The van der Waals surface area contributed by atoms with Crippen LogP contribution < -0.4 is 10.1 Å². The first kappa shape index (κ1) is 18.8. The van der Waals surface area contributed by atoms with Crippen molar-refractivity contribution in [3.8, 4) is 5.75 Å². The van der Waals surface area contributed by atoms with Crippen LogP contribution in [0.3, 0.4) is 0 Å². The van der Waals surface area contributed by atoms with Gasteiger partial charge in [0.2, 0.25) is 5.91 Å². The lowest BCUT2D eigenvalue weighted by Gasteiger charge is -2.33. The van der Waals surface area contributed by atoms with Gasteiger partial charge in [0.1, 0.15) is 5.75 Å². The number of nitrogens with one attached hydrogen (secondary N) is 1. The Bertz CT molecular complexity index is 493. The predicted octanol–water partition coefficient (Wildman–Crippen LogP) is 3.11. The van der Waals surface area contributed by atoms with Crippen molar-refractivity contribution in [2.24, 2.45) is 11.8 Å². The minimum atomic E-state index is 0.0791. The number of ether oxygens (including phenoxy) is 1. The number of benzene rings is 1. The van der Waals surface area contributed by atoms with Gasteiger partial charge in [-0.3, -0.25) is 4.79 Å². The molecule has 0 saturated carbocycles. The van der Waals surface area contributed by atoms with Crippen molar-refractivity contribution in [3.05, 3.63) is 29.8 Å².